The van der Waals surface area contributed by atoms with Crippen LogP contribution in [0.15, 0.2) is 53.4 Å². The van der Waals surface area contributed by atoms with Gasteiger partial charge in [-0.25, -0.2) is 0 Å². The van der Waals surface area contributed by atoms with Gasteiger partial charge in [-0.05, 0) is 50.2 Å². The molecule has 5 nitrogen and oxygen atoms in total. The Morgan fingerprint density at radius 3 is 2.59 bits per heavy atom. The maximum Gasteiger partial charge on any atom is 0.233 e. The Hall–Kier alpha value is -2.34. The Balaban J connectivity index is 1.50. The molecule has 3 rings (SSSR count). The predicted molar refractivity (Wildman–Crippen MR) is 107 cm³/mol. The second kappa shape index (κ2) is 9.55. The van der Waals surface area contributed by atoms with E-state index in [1.54, 1.807) is 0 Å². The minimum atomic E-state index is -0.153. The zero-order valence-corrected chi connectivity index (χ0v) is 16.5. The van der Waals surface area contributed by atoms with Crippen LogP contribution in [-0.4, -0.2) is 49.0 Å². The van der Waals surface area contributed by atoms with Gasteiger partial charge in [0.25, 0.3) is 0 Å². The molecule has 0 fully saturated rings. The van der Waals surface area contributed by atoms with E-state index in [1.165, 1.54) is 11.8 Å². The van der Waals surface area contributed by atoms with Crippen LogP contribution in [-0.2, 0) is 4.79 Å². The highest BCUT2D eigenvalue weighted by atomic mass is 32.2. The molecular formula is C21H25NO4S. The molecule has 1 unspecified atom stereocenters. The number of hydrogen-bond donors (Lipinski definition) is 0. The molecule has 0 bridgehead atoms. The number of carbonyl (C=O) groups excluding carboxylic acids is 1. The second-order valence-electron chi connectivity index (χ2n) is 6.12. The van der Waals surface area contributed by atoms with Gasteiger partial charge < -0.3 is 19.1 Å². The number of rotatable bonds is 8. The van der Waals surface area contributed by atoms with E-state index in [4.69, 9.17) is 14.2 Å². The zero-order valence-electron chi connectivity index (χ0n) is 15.7. The normalized spacial score (nSPS) is 15.3. The molecule has 1 aliphatic heterocycles. The zero-order chi connectivity index (χ0) is 19.1. The summed E-state index contributed by atoms with van der Waals surface area (Å²) in [4.78, 5) is 15.5. The summed E-state index contributed by atoms with van der Waals surface area (Å²) >= 11 is 1.53. The Morgan fingerprint density at radius 2 is 1.89 bits per heavy atom. The minimum Gasteiger partial charge on any atom is -0.494 e. The van der Waals surface area contributed by atoms with Crippen molar-refractivity contribution in [3.63, 3.8) is 0 Å². The first kappa shape index (κ1) is 19.4. The summed E-state index contributed by atoms with van der Waals surface area (Å²) in [5, 5.41) is 0. The first-order valence-electron chi connectivity index (χ1n) is 9.21. The third kappa shape index (κ3) is 5.32. The monoisotopic (exact) mass is 387 g/mol. The Kier molecular flexibility index (Phi) is 6.87. The average molecular weight is 388 g/mol. The summed E-state index contributed by atoms with van der Waals surface area (Å²) in [5.74, 6) is 2.83. The minimum absolute atomic E-state index is 0.0962. The highest BCUT2D eigenvalue weighted by Crippen LogP contribution is 2.31. The van der Waals surface area contributed by atoms with E-state index < -0.39 is 0 Å². The number of benzene rings is 2. The highest BCUT2D eigenvalue weighted by Gasteiger charge is 2.24. The Bertz CT molecular complexity index is 750. The number of likely N-dealkylation sites (N-methyl/N-ethyl adjacent to an activating group) is 1. The van der Waals surface area contributed by atoms with Crippen molar-refractivity contribution < 1.29 is 19.0 Å². The lowest BCUT2D eigenvalue weighted by Gasteiger charge is -2.30. The molecule has 0 radical (unpaired) electrons. The van der Waals surface area contributed by atoms with Crippen LogP contribution in [0.1, 0.15) is 13.8 Å². The average Bonchev–Trinajstić information content (AvgIpc) is 2.71. The van der Waals surface area contributed by atoms with Crippen molar-refractivity contribution in [3.05, 3.63) is 48.5 Å². The molecule has 1 heterocycles. The van der Waals surface area contributed by atoms with Gasteiger partial charge >= 0.3 is 0 Å². The van der Waals surface area contributed by atoms with Crippen molar-refractivity contribution in [2.24, 2.45) is 0 Å². The summed E-state index contributed by atoms with van der Waals surface area (Å²) in [5.41, 5.74) is 0. The van der Waals surface area contributed by atoms with Crippen molar-refractivity contribution in [1.82, 2.24) is 4.90 Å². The molecule has 0 saturated heterocycles. The number of amides is 1. The van der Waals surface area contributed by atoms with E-state index >= 15 is 0 Å². The number of nitrogens with zero attached hydrogens (tertiary/aromatic N) is 1. The van der Waals surface area contributed by atoms with Gasteiger partial charge in [0, 0.05) is 11.4 Å². The Morgan fingerprint density at radius 1 is 1.15 bits per heavy atom. The van der Waals surface area contributed by atoms with Gasteiger partial charge in [0.15, 0.2) is 17.6 Å². The molecule has 2 aromatic carbocycles. The number of ether oxygens (including phenoxy) is 3. The van der Waals surface area contributed by atoms with Crippen molar-refractivity contribution in [1.29, 1.82) is 0 Å². The van der Waals surface area contributed by atoms with Crippen LogP contribution in [0.2, 0.25) is 0 Å². The van der Waals surface area contributed by atoms with E-state index in [1.807, 2.05) is 67.3 Å². The lowest BCUT2D eigenvalue weighted by Crippen LogP contribution is -2.44. The molecule has 0 N–H and O–H groups in total. The van der Waals surface area contributed by atoms with Crippen LogP contribution < -0.4 is 14.2 Å². The summed E-state index contributed by atoms with van der Waals surface area (Å²) in [6.45, 7) is 6.20. The van der Waals surface area contributed by atoms with Gasteiger partial charge in [-0.3, -0.25) is 4.79 Å². The van der Waals surface area contributed by atoms with Crippen LogP contribution in [0.4, 0.5) is 0 Å². The fourth-order valence-corrected chi connectivity index (χ4v) is 3.64. The first-order valence-corrected chi connectivity index (χ1v) is 10.2. The molecular weight excluding hydrogens is 362 g/mol. The van der Waals surface area contributed by atoms with Crippen LogP contribution in [0, 0.1) is 0 Å². The third-order valence-electron chi connectivity index (χ3n) is 4.22. The molecule has 0 aliphatic carbocycles. The van der Waals surface area contributed by atoms with Gasteiger partial charge in [-0.2, -0.15) is 0 Å². The first-order chi connectivity index (χ1) is 13.2. The molecule has 1 aliphatic rings. The van der Waals surface area contributed by atoms with Gasteiger partial charge in [-0.1, -0.05) is 12.1 Å². The number of para-hydroxylation sites is 2. The van der Waals surface area contributed by atoms with Gasteiger partial charge in [0.05, 0.1) is 18.9 Å². The van der Waals surface area contributed by atoms with Crippen LogP contribution in [0.25, 0.3) is 0 Å². The molecule has 0 spiro atoms. The van der Waals surface area contributed by atoms with E-state index in [0.29, 0.717) is 32.1 Å². The summed E-state index contributed by atoms with van der Waals surface area (Å²) < 4.78 is 17.2. The van der Waals surface area contributed by atoms with Crippen LogP contribution >= 0.6 is 11.8 Å². The number of thioether (sulfide) groups is 1. The van der Waals surface area contributed by atoms with Crippen molar-refractivity contribution in [3.8, 4) is 17.2 Å². The highest BCUT2D eigenvalue weighted by molar-refractivity contribution is 8.00. The van der Waals surface area contributed by atoms with Crippen LogP contribution in [0.3, 0.4) is 0 Å². The maximum atomic E-state index is 12.6. The fourth-order valence-electron chi connectivity index (χ4n) is 2.84. The summed E-state index contributed by atoms with van der Waals surface area (Å²) in [6, 6.07) is 15.4. The molecule has 1 atom stereocenters. The van der Waals surface area contributed by atoms with Gasteiger partial charge in [-0.15, -0.1) is 11.8 Å². The quantitative estimate of drug-likeness (QED) is 0.644. The van der Waals surface area contributed by atoms with Gasteiger partial charge in [0.1, 0.15) is 12.4 Å². The van der Waals surface area contributed by atoms with E-state index in [2.05, 4.69) is 0 Å². The fraction of sp³-hybridized carbons (Fsp3) is 0.381. The standard InChI is InChI=1S/C21H25NO4S/c1-3-22(13-17-14-25-19-7-5-6-8-20(19)26-17)21(23)15-27-18-11-9-16(10-12-18)24-4-2/h5-12,17H,3-4,13-15H2,1-2H3. The van der Waals surface area contributed by atoms with Gasteiger partial charge in [0.2, 0.25) is 5.91 Å². The summed E-state index contributed by atoms with van der Waals surface area (Å²) in [6.07, 6.45) is -0.153. The third-order valence-corrected chi connectivity index (χ3v) is 5.22. The molecule has 1 amide bonds. The van der Waals surface area contributed by atoms with Crippen molar-refractivity contribution >= 4 is 17.7 Å². The lowest BCUT2D eigenvalue weighted by atomic mass is 10.2. The largest absolute Gasteiger partial charge is 0.494 e. The number of fused-ring (bicyclic) bond motifs is 1. The molecule has 0 saturated carbocycles. The molecule has 6 heteroatoms. The smallest absolute Gasteiger partial charge is 0.233 e. The second-order valence-corrected chi connectivity index (χ2v) is 7.17. The predicted octanol–water partition coefficient (Wildman–Crippen LogP) is 3.87. The summed E-state index contributed by atoms with van der Waals surface area (Å²) in [7, 11) is 0. The topological polar surface area (TPSA) is 48.0 Å². The molecule has 144 valence electrons. The SMILES string of the molecule is CCOc1ccc(SCC(=O)N(CC)CC2COc3ccccc3O2)cc1. The molecule has 2 aromatic rings. The number of hydrogen-bond acceptors (Lipinski definition) is 5. The lowest BCUT2D eigenvalue weighted by molar-refractivity contribution is -0.129. The number of carbonyl (C=O) groups is 1. The van der Waals surface area contributed by atoms with Crippen molar-refractivity contribution in [2.75, 3.05) is 32.1 Å². The van der Waals surface area contributed by atoms with E-state index in [0.717, 1.165) is 22.1 Å². The van der Waals surface area contributed by atoms with Crippen LogP contribution in [0.5, 0.6) is 17.2 Å². The van der Waals surface area contributed by atoms with E-state index in [9.17, 15) is 4.79 Å². The van der Waals surface area contributed by atoms with Crippen molar-refractivity contribution in [2.45, 2.75) is 24.8 Å². The molecule has 0 aromatic heterocycles. The van der Waals surface area contributed by atoms with E-state index in [-0.39, 0.29) is 12.0 Å². The molecule has 27 heavy (non-hydrogen) atoms. The maximum absolute atomic E-state index is 12.6. The Labute approximate surface area is 164 Å².